The van der Waals surface area contributed by atoms with Gasteiger partial charge in [-0.1, -0.05) is 24.6 Å². The lowest BCUT2D eigenvalue weighted by Crippen LogP contribution is -2.41. The molecule has 0 fully saturated rings. The Balaban J connectivity index is 1.77. The number of nitrogens with one attached hydrogen (secondary N) is 2. The minimum atomic E-state index is -0.540. The van der Waals surface area contributed by atoms with Crippen molar-refractivity contribution in [3.63, 3.8) is 0 Å². The minimum Gasteiger partial charge on any atom is -0.493 e. The predicted octanol–water partition coefficient (Wildman–Crippen LogP) is 2.84. The van der Waals surface area contributed by atoms with Crippen LogP contribution in [0.4, 0.5) is 0 Å². The molecule has 1 heterocycles. The van der Waals surface area contributed by atoms with E-state index in [-0.39, 0.29) is 5.56 Å². The molecule has 0 saturated carbocycles. The third-order valence-electron chi connectivity index (χ3n) is 4.94. The molecule has 3 aromatic rings. The summed E-state index contributed by atoms with van der Waals surface area (Å²) >= 11 is 0. The van der Waals surface area contributed by atoms with E-state index in [4.69, 9.17) is 14.2 Å². The molecule has 2 aromatic carbocycles. The fraction of sp³-hybridized carbons (Fsp3) is 0.261. The lowest BCUT2D eigenvalue weighted by molar-refractivity contribution is 0.0845. The topological polar surface area (TPSA) is 104 Å². The second kappa shape index (κ2) is 9.86. The smallest absolute Gasteiger partial charge is 0.273 e. The zero-order chi connectivity index (χ0) is 23.3. The Morgan fingerprint density at radius 3 is 2.06 bits per heavy atom. The number of nitrogens with zero attached hydrogens (tertiary/aromatic N) is 2. The van der Waals surface area contributed by atoms with Gasteiger partial charge in [0.1, 0.15) is 0 Å². The molecule has 0 bridgehead atoms. The molecule has 9 heteroatoms. The Bertz CT molecular complexity index is 1100. The molecule has 1 aromatic heterocycles. The number of carbonyl (C=O) groups excluding carboxylic acids is 2. The van der Waals surface area contributed by atoms with Gasteiger partial charge in [0.2, 0.25) is 5.75 Å². The van der Waals surface area contributed by atoms with Gasteiger partial charge in [-0.15, -0.1) is 0 Å². The fourth-order valence-electron chi connectivity index (χ4n) is 3.28. The van der Waals surface area contributed by atoms with E-state index in [0.29, 0.717) is 29.2 Å². The highest BCUT2D eigenvalue weighted by Gasteiger charge is 2.20. The van der Waals surface area contributed by atoms with Crippen molar-refractivity contribution in [2.45, 2.75) is 20.3 Å². The van der Waals surface area contributed by atoms with Crippen molar-refractivity contribution < 1.29 is 23.8 Å². The van der Waals surface area contributed by atoms with Crippen molar-refractivity contribution in [1.82, 2.24) is 20.6 Å². The fourth-order valence-corrected chi connectivity index (χ4v) is 3.28. The van der Waals surface area contributed by atoms with Crippen LogP contribution in [0.2, 0.25) is 0 Å². The van der Waals surface area contributed by atoms with E-state index in [9.17, 15) is 9.59 Å². The number of benzene rings is 2. The summed E-state index contributed by atoms with van der Waals surface area (Å²) in [7, 11) is 4.39. The SMILES string of the molecule is CCc1c(C(=O)NNC(=O)c2cc(OC)c(OC)c(OC)c2)cnn1-c1ccc(C)cc1. The summed E-state index contributed by atoms with van der Waals surface area (Å²) in [6.07, 6.45) is 2.07. The van der Waals surface area contributed by atoms with Crippen LogP contribution in [0, 0.1) is 6.92 Å². The van der Waals surface area contributed by atoms with Crippen LogP contribution in [-0.2, 0) is 6.42 Å². The molecule has 168 valence electrons. The number of carbonyl (C=O) groups is 2. The highest BCUT2D eigenvalue weighted by atomic mass is 16.5. The van der Waals surface area contributed by atoms with Crippen LogP contribution in [0.15, 0.2) is 42.6 Å². The zero-order valence-corrected chi connectivity index (χ0v) is 18.7. The molecule has 3 rings (SSSR count). The van der Waals surface area contributed by atoms with Gasteiger partial charge < -0.3 is 14.2 Å². The first-order valence-electron chi connectivity index (χ1n) is 9.98. The summed E-state index contributed by atoms with van der Waals surface area (Å²) in [5.41, 5.74) is 8.18. The van der Waals surface area contributed by atoms with E-state index in [1.807, 2.05) is 38.1 Å². The molecule has 32 heavy (non-hydrogen) atoms. The molecule has 0 aliphatic heterocycles. The van der Waals surface area contributed by atoms with Crippen LogP contribution in [0.1, 0.15) is 38.9 Å². The standard InChI is InChI=1S/C23H26N4O5/c1-6-18-17(13-24-27(18)16-9-7-14(2)8-10-16)23(29)26-25-22(28)15-11-19(30-3)21(32-5)20(12-15)31-4/h7-13H,6H2,1-5H3,(H,25,28)(H,26,29). The van der Waals surface area contributed by atoms with Gasteiger partial charge in [0, 0.05) is 5.56 Å². The maximum absolute atomic E-state index is 12.8. The van der Waals surface area contributed by atoms with Crippen molar-refractivity contribution in [3.8, 4) is 22.9 Å². The van der Waals surface area contributed by atoms with Gasteiger partial charge in [-0.05, 0) is 37.6 Å². The predicted molar refractivity (Wildman–Crippen MR) is 119 cm³/mol. The number of aryl methyl sites for hydroxylation is 1. The van der Waals surface area contributed by atoms with E-state index in [0.717, 1.165) is 16.9 Å². The molecule has 2 amide bonds. The summed E-state index contributed by atoms with van der Waals surface area (Å²) in [5.74, 6) is 0.0150. The van der Waals surface area contributed by atoms with Crippen molar-refractivity contribution in [1.29, 1.82) is 0 Å². The van der Waals surface area contributed by atoms with E-state index < -0.39 is 11.8 Å². The number of hydrogen-bond donors (Lipinski definition) is 2. The van der Waals surface area contributed by atoms with E-state index in [1.54, 1.807) is 4.68 Å². The molecule has 0 unspecified atom stereocenters. The Kier molecular flexibility index (Phi) is 6.99. The summed E-state index contributed by atoms with van der Waals surface area (Å²) in [5, 5.41) is 4.35. The van der Waals surface area contributed by atoms with Gasteiger partial charge in [-0.3, -0.25) is 20.4 Å². The summed E-state index contributed by atoms with van der Waals surface area (Å²) in [6, 6.07) is 10.8. The van der Waals surface area contributed by atoms with Crippen molar-refractivity contribution in [3.05, 3.63) is 65.0 Å². The van der Waals surface area contributed by atoms with E-state index in [1.165, 1.54) is 39.7 Å². The van der Waals surface area contributed by atoms with Gasteiger partial charge in [-0.2, -0.15) is 5.10 Å². The first kappa shape index (κ1) is 22.7. The monoisotopic (exact) mass is 438 g/mol. The van der Waals surface area contributed by atoms with Gasteiger partial charge in [0.15, 0.2) is 11.5 Å². The number of hydrazine groups is 1. The first-order valence-corrected chi connectivity index (χ1v) is 9.98. The Hall–Kier alpha value is -4.01. The number of ether oxygens (including phenoxy) is 3. The third-order valence-corrected chi connectivity index (χ3v) is 4.94. The molecule has 0 saturated heterocycles. The quantitative estimate of drug-likeness (QED) is 0.550. The number of aromatic nitrogens is 2. The van der Waals surface area contributed by atoms with Crippen molar-refractivity contribution >= 4 is 11.8 Å². The number of methoxy groups -OCH3 is 3. The van der Waals surface area contributed by atoms with Crippen LogP contribution < -0.4 is 25.1 Å². The Morgan fingerprint density at radius 1 is 0.938 bits per heavy atom. The molecule has 0 aliphatic carbocycles. The number of rotatable bonds is 7. The number of hydrogen-bond acceptors (Lipinski definition) is 6. The molecule has 0 spiro atoms. The lowest BCUT2D eigenvalue weighted by Gasteiger charge is -2.14. The van der Waals surface area contributed by atoms with E-state index >= 15 is 0 Å². The molecule has 0 atom stereocenters. The van der Waals surface area contributed by atoms with E-state index in [2.05, 4.69) is 16.0 Å². The average Bonchev–Trinajstić information content (AvgIpc) is 3.25. The van der Waals surface area contributed by atoms with Crippen LogP contribution in [0.25, 0.3) is 5.69 Å². The Labute approximate surface area is 186 Å². The second-order valence-corrected chi connectivity index (χ2v) is 6.93. The first-order chi connectivity index (χ1) is 15.4. The summed E-state index contributed by atoms with van der Waals surface area (Å²) in [6.45, 7) is 3.94. The molecule has 0 radical (unpaired) electrons. The minimum absolute atomic E-state index is 0.228. The van der Waals surface area contributed by atoms with Gasteiger partial charge >= 0.3 is 0 Å². The van der Waals surface area contributed by atoms with Gasteiger partial charge in [0.25, 0.3) is 11.8 Å². The maximum atomic E-state index is 12.8. The summed E-state index contributed by atoms with van der Waals surface area (Å²) in [4.78, 5) is 25.4. The molecule has 2 N–H and O–H groups in total. The highest BCUT2D eigenvalue weighted by molar-refractivity contribution is 6.00. The van der Waals surface area contributed by atoms with Gasteiger partial charge in [-0.25, -0.2) is 4.68 Å². The van der Waals surface area contributed by atoms with Crippen LogP contribution >= 0.6 is 0 Å². The highest BCUT2D eigenvalue weighted by Crippen LogP contribution is 2.38. The normalized spacial score (nSPS) is 10.4. The number of amides is 2. The summed E-state index contributed by atoms with van der Waals surface area (Å²) < 4.78 is 17.5. The maximum Gasteiger partial charge on any atom is 0.273 e. The van der Waals surface area contributed by atoms with Crippen LogP contribution in [0.5, 0.6) is 17.2 Å². The Morgan fingerprint density at radius 2 is 1.53 bits per heavy atom. The lowest BCUT2D eigenvalue weighted by atomic mass is 10.1. The zero-order valence-electron chi connectivity index (χ0n) is 18.7. The molecule has 9 nitrogen and oxygen atoms in total. The van der Waals surface area contributed by atoms with Crippen molar-refractivity contribution in [2.24, 2.45) is 0 Å². The third kappa shape index (κ3) is 4.51. The van der Waals surface area contributed by atoms with Crippen molar-refractivity contribution in [2.75, 3.05) is 21.3 Å². The van der Waals surface area contributed by atoms with Crippen LogP contribution in [0.3, 0.4) is 0 Å². The molecular weight excluding hydrogens is 412 g/mol. The average molecular weight is 438 g/mol. The molecule has 0 aliphatic rings. The molecular formula is C23H26N4O5. The largest absolute Gasteiger partial charge is 0.493 e. The van der Waals surface area contributed by atoms with Crippen LogP contribution in [-0.4, -0.2) is 42.9 Å². The van der Waals surface area contributed by atoms with Gasteiger partial charge in [0.05, 0.1) is 44.5 Å². The second-order valence-electron chi connectivity index (χ2n) is 6.93.